The average molecular weight is 399 g/mol. The number of rotatable bonds is 3. The van der Waals surface area contributed by atoms with E-state index in [1.165, 1.54) is 6.20 Å². The molecule has 3 aliphatic heterocycles. The van der Waals surface area contributed by atoms with E-state index in [2.05, 4.69) is 9.98 Å². The minimum Gasteiger partial charge on any atom is -0.487 e. The molecule has 8 heteroatoms. The number of nitrogens with two attached hydrogens (primary N) is 1. The van der Waals surface area contributed by atoms with Crippen molar-refractivity contribution in [1.82, 2.24) is 4.98 Å². The molecule has 1 aromatic heterocycles. The van der Waals surface area contributed by atoms with Gasteiger partial charge < -0.3 is 24.7 Å². The fourth-order valence-corrected chi connectivity index (χ4v) is 4.50. The second-order valence-electron chi connectivity index (χ2n) is 7.58. The van der Waals surface area contributed by atoms with Crippen LogP contribution in [0.3, 0.4) is 0 Å². The Morgan fingerprint density at radius 1 is 1.31 bits per heavy atom. The van der Waals surface area contributed by atoms with Gasteiger partial charge >= 0.3 is 0 Å². The van der Waals surface area contributed by atoms with Gasteiger partial charge in [0.25, 0.3) is 6.02 Å². The van der Waals surface area contributed by atoms with Crippen LogP contribution in [0.25, 0.3) is 11.1 Å². The number of ether oxygens (including phenoxy) is 4. The monoisotopic (exact) mass is 399 g/mol. The van der Waals surface area contributed by atoms with E-state index >= 15 is 0 Å². The second kappa shape index (κ2) is 6.96. The van der Waals surface area contributed by atoms with Gasteiger partial charge in [0.15, 0.2) is 5.54 Å². The van der Waals surface area contributed by atoms with Crippen LogP contribution >= 0.6 is 0 Å². The first-order valence-electron chi connectivity index (χ1n) is 9.65. The summed E-state index contributed by atoms with van der Waals surface area (Å²) in [6.45, 7) is 0.738. The van der Waals surface area contributed by atoms with Gasteiger partial charge in [0.05, 0.1) is 12.7 Å². The van der Waals surface area contributed by atoms with Gasteiger partial charge in [-0.05, 0) is 42.7 Å². The Hall–Kier alpha value is -2.71. The summed E-state index contributed by atoms with van der Waals surface area (Å²) in [4.78, 5) is 8.43. The van der Waals surface area contributed by atoms with Crippen molar-refractivity contribution < 1.29 is 23.3 Å². The number of nitrogens with zero attached hydrogens (tertiary/aromatic N) is 2. The molecule has 1 unspecified atom stereocenters. The molecule has 0 aliphatic carbocycles. The quantitative estimate of drug-likeness (QED) is 0.798. The normalized spacial score (nSPS) is 30.1. The number of hydrogen-bond donors (Lipinski definition) is 1. The molecule has 1 spiro atoms. The number of aliphatic imine (C=N–C) groups is 1. The van der Waals surface area contributed by atoms with Crippen LogP contribution in [0, 0.1) is 5.95 Å². The highest BCUT2D eigenvalue weighted by atomic mass is 19.1. The molecule has 4 atom stereocenters. The van der Waals surface area contributed by atoms with Crippen molar-refractivity contribution in [2.24, 2.45) is 10.7 Å². The van der Waals surface area contributed by atoms with E-state index in [1.807, 2.05) is 18.2 Å². The maximum absolute atomic E-state index is 14.3. The summed E-state index contributed by atoms with van der Waals surface area (Å²) in [5.74, 6) is 0.158. The van der Waals surface area contributed by atoms with E-state index in [-0.39, 0.29) is 30.9 Å². The topological polar surface area (TPSA) is 88.2 Å². The van der Waals surface area contributed by atoms with Crippen molar-refractivity contribution in [2.75, 3.05) is 20.3 Å². The molecule has 4 heterocycles. The lowest BCUT2D eigenvalue weighted by atomic mass is 9.77. The van der Waals surface area contributed by atoms with Gasteiger partial charge in [-0.2, -0.15) is 4.39 Å². The van der Waals surface area contributed by atoms with E-state index in [0.29, 0.717) is 23.5 Å². The number of benzene rings is 1. The maximum atomic E-state index is 14.3. The summed E-state index contributed by atoms with van der Waals surface area (Å²) in [5, 5.41) is 0. The van der Waals surface area contributed by atoms with Crippen molar-refractivity contribution in [3.8, 4) is 16.9 Å². The molecule has 5 rings (SSSR count). The van der Waals surface area contributed by atoms with Gasteiger partial charge in [0.1, 0.15) is 24.6 Å². The van der Waals surface area contributed by atoms with E-state index in [0.717, 1.165) is 18.4 Å². The number of aromatic nitrogens is 1. The summed E-state index contributed by atoms with van der Waals surface area (Å²) in [7, 11) is 1.65. The van der Waals surface area contributed by atoms with Crippen LogP contribution < -0.4 is 10.5 Å². The van der Waals surface area contributed by atoms with Crippen LogP contribution in [-0.2, 0) is 19.7 Å². The minimum absolute atomic E-state index is 0.0563. The molecular formula is C21H22FN3O4. The largest absolute Gasteiger partial charge is 0.487 e. The summed E-state index contributed by atoms with van der Waals surface area (Å²) < 4.78 is 37.8. The summed E-state index contributed by atoms with van der Waals surface area (Å²) in [5.41, 5.74) is 6.94. The lowest BCUT2D eigenvalue weighted by Gasteiger charge is -2.47. The number of hydrogen-bond acceptors (Lipinski definition) is 7. The Labute approximate surface area is 167 Å². The number of fused-ring (bicyclic) bond motifs is 4. The zero-order chi connectivity index (χ0) is 20.0. The third kappa shape index (κ3) is 2.94. The van der Waals surface area contributed by atoms with Gasteiger partial charge in [-0.1, -0.05) is 6.07 Å². The average Bonchev–Trinajstić information content (AvgIpc) is 3.12. The SMILES string of the molecule is COC[C@H]1CC[C@@H]2Oc3ccc(-c4cccnc4F)cc3C3(COC(N)=N3)[C@H]2O1. The van der Waals surface area contributed by atoms with Crippen LogP contribution in [0.4, 0.5) is 4.39 Å². The molecule has 0 bridgehead atoms. The Bertz CT molecular complexity index is 969. The second-order valence-corrected chi connectivity index (χ2v) is 7.58. The van der Waals surface area contributed by atoms with Crippen molar-refractivity contribution in [2.45, 2.75) is 36.7 Å². The van der Waals surface area contributed by atoms with Crippen molar-refractivity contribution in [1.29, 1.82) is 0 Å². The molecule has 1 aromatic carbocycles. The summed E-state index contributed by atoms with van der Waals surface area (Å²) in [6, 6.07) is 9.06. The van der Waals surface area contributed by atoms with Gasteiger partial charge in [0, 0.05) is 24.4 Å². The van der Waals surface area contributed by atoms with E-state index in [1.54, 1.807) is 19.2 Å². The van der Waals surface area contributed by atoms with Crippen molar-refractivity contribution >= 4 is 6.02 Å². The third-order valence-corrected chi connectivity index (χ3v) is 5.82. The van der Waals surface area contributed by atoms with Crippen LogP contribution in [0.15, 0.2) is 41.5 Å². The minimum atomic E-state index is -0.844. The smallest absolute Gasteiger partial charge is 0.283 e. The molecule has 1 fully saturated rings. The zero-order valence-corrected chi connectivity index (χ0v) is 16.0. The molecule has 2 aromatic rings. The molecular weight excluding hydrogens is 377 g/mol. The standard InChI is InChI=1S/C21H22FN3O4/c1-26-10-13-5-7-17-18(28-13)21(11-27-20(23)25-21)15-9-12(4-6-16(15)29-17)14-3-2-8-24-19(14)22/h2-4,6,8-9,13,17-18H,5,7,10-11H2,1H3,(H2,23,25)/t13-,17+,18+,21?/m1/s1. The van der Waals surface area contributed by atoms with E-state index < -0.39 is 11.5 Å². The van der Waals surface area contributed by atoms with Crippen LogP contribution in [0.5, 0.6) is 5.75 Å². The van der Waals surface area contributed by atoms with Gasteiger partial charge in [-0.3, -0.25) is 0 Å². The molecule has 0 saturated carbocycles. The first kappa shape index (κ1) is 18.3. The number of amidine groups is 1. The highest BCUT2D eigenvalue weighted by Gasteiger charge is 2.56. The van der Waals surface area contributed by atoms with Crippen LogP contribution in [-0.4, -0.2) is 49.6 Å². The molecule has 1 saturated heterocycles. The molecule has 29 heavy (non-hydrogen) atoms. The summed E-state index contributed by atoms with van der Waals surface area (Å²) >= 11 is 0. The van der Waals surface area contributed by atoms with E-state index in [4.69, 9.17) is 24.7 Å². The lowest BCUT2D eigenvalue weighted by Crippen LogP contribution is -2.57. The maximum Gasteiger partial charge on any atom is 0.283 e. The van der Waals surface area contributed by atoms with Gasteiger partial charge in [-0.15, -0.1) is 0 Å². The Morgan fingerprint density at radius 3 is 2.97 bits per heavy atom. The van der Waals surface area contributed by atoms with Crippen molar-refractivity contribution in [3.05, 3.63) is 48.0 Å². The number of methoxy groups -OCH3 is 1. The van der Waals surface area contributed by atoms with Crippen molar-refractivity contribution in [3.63, 3.8) is 0 Å². The predicted molar refractivity (Wildman–Crippen MR) is 103 cm³/mol. The van der Waals surface area contributed by atoms with E-state index in [9.17, 15) is 4.39 Å². The third-order valence-electron chi connectivity index (χ3n) is 5.82. The molecule has 7 nitrogen and oxygen atoms in total. The molecule has 3 aliphatic rings. The lowest BCUT2D eigenvalue weighted by molar-refractivity contribution is -0.165. The molecule has 0 radical (unpaired) electrons. The Balaban J connectivity index is 1.62. The zero-order valence-electron chi connectivity index (χ0n) is 16.0. The number of pyridine rings is 1. The first-order valence-corrected chi connectivity index (χ1v) is 9.65. The molecule has 2 N–H and O–H groups in total. The van der Waals surface area contributed by atoms with Crippen LogP contribution in [0.2, 0.25) is 0 Å². The van der Waals surface area contributed by atoms with Gasteiger partial charge in [-0.25, -0.2) is 9.98 Å². The highest BCUT2D eigenvalue weighted by Crippen LogP contribution is 2.49. The fourth-order valence-electron chi connectivity index (χ4n) is 4.50. The Kier molecular flexibility index (Phi) is 4.40. The van der Waals surface area contributed by atoms with Crippen LogP contribution in [0.1, 0.15) is 18.4 Å². The molecule has 152 valence electrons. The first-order chi connectivity index (χ1) is 14.1. The number of halogens is 1. The molecule has 0 amide bonds. The highest BCUT2D eigenvalue weighted by molar-refractivity contribution is 5.75. The Morgan fingerprint density at radius 2 is 2.21 bits per heavy atom. The predicted octanol–water partition coefficient (Wildman–Crippen LogP) is 2.38. The fraction of sp³-hybridized carbons (Fsp3) is 0.429. The van der Waals surface area contributed by atoms with Gasteiger partial charge in [0.2, 0.25) is 5.95 Å². The summed E-state index contributed by atoms with van der Waals surface area (Å²) in [6.07, 6.45) is 2.47.